The molecule has 0 bridgehead atoms. The quantitative estimate of drug-likeness (QED) is 0.0659. The van der Waals surface area contributed by atoms with Crippen LogP contribution >= 0.6 is 0 Å². The maximum atomic E-state index is 13.0. The Morgan fingerprint density at radius 3 is 1.82 bits per heavy atom. The van der Waals surface area contributed by atoms with Gasteiger partial charge in [-0.3, -0.25) is 29.8 Å². The Labute approximate surface area is 324 Å². The third-order valence-electron chi connectivity index (χ3n) is 6.19. The fourth-order valence-electron chi connectivity index (χ4n) is 4.13. The molecule has 7 N–H and O–H groups in total. The standard InChI is InChI=1S/C37H51N7O12/c1-35(2,3)54-32(50)38-17-18-53-25-15-13-23(14-16-25)40-30(49)26(20-28(46)47)42-27(45)21-39-29(48)22-11-10-12-24(19-22)41-31(43-33(51)55-36(4,5)6)44-34(52)56-37(7,8)9/h10-16,19,26H,17-18,20-21H2,1-9H3,(H,38,50)(H,39,48)(H,40,49)(H,42,45)(H,46,47)(H2,41,43,44,51,52). The van der Waals surface area contributed by atoms with Crippen LogP contribution in [0.2, 0.25) is 0 Å². The van der Waals surface area contributed by atoms with Crippen molar-refractivity contribution < 1.29 is 57.6 Å². The molecule has 6 amide bonds. The van der Waals surface area contributed by atoms with Crippen LogP contribution in [0.15, 0.2) is 53.5 Å². The van der Waals surface area contributed by atoms with Gasteiger partial charge in [0.05, 0.1) is 25.2 Å². The number of rotatable bonds is 13. The van der Waals surface area contributed by atoms with Crippen molar-refractivity contribution in [2.24, 2.45) is 4.99 Å². The van der Waals surface area contributed by atoms with E-state index >= 15 is 0 Å². The molecule has 0 heterocycles. The molecule has 0 spiro atoms. The van der Waals surface area contributed by atoms with Crippen molar-refractivity contribution in [2.45, 2.75) is 91.6 Å². The molecule has 1 atom stereocenters. The van der Waals surface area contributed by atoms with Crippen molar-refractivity contribution in [1.82, 2.24) is 26.6 Å². The molecule has 0 aliphatic rings. The number of aliphatic carboxylic acids is 1. The van der Waals surface area contributed by atoms with Gasteiger partial charge >= 0.3 is 24.2 Å². The SMILES string of the molecule is CC(C)(C)OC(=O)NCCOc1ccc(NC(=O)C(CC(=O)O)NC(=O)CNC(=O)c2cccc(N=C(NC(=O)OC(C)(C)C)NC(=O)OC(C)(C)C)c2)cc1. The van der Waals surface area contributed by atoms with Crippen LogP contribution in [0.5, 0.6) is 5.75 Å². The Bertz CT molecular complexity index is 1730. The van der Waals surface area contributed by atoms with Crippen molar-refractivity contribution in [3.05, 3.63) is 54.1 Å². The van der Waals surface area contributed by atoms with E-state index in [0.29, 0.717) is 5.75 Å². The third kappa shape index (κ3) is 19.6. The Kier molecular flexibility index (Phi) is 16.6. The largest absolute Gasteiger partial charge is 0.492 e. The first kappa shape index (κ1) is 45.8. The average Bonchev–Trinajstić information content (AvgIpc) is 3.03. The smallest absolute Gasteiger partial charge is 0.414 e. The van der Waals surface area contributed by atoms with Gasteiger partial charge in [0.15, 0.2) is 0 Å². The molecule has 306 valence electrons. The second-order valence-corrected chi connectivity index (χ2v) is 15.0. The highest BCUT2D eigenvalue weighted by atomic mass is 16.6. The summed E-state index contributed by atoms with van der Waals surface area (Å²) in [4.78, 5) is 91.0. The topological polar surface area (TPSA) is 261 Å². The minimum absolute atomic E-state index is 0.0273. The number of carboxylic acid groups (broad SMARTS) is 1. The van der Waals surface area contributed by atoms with Gasteiger partial charge < -0.3 is 45.3 Å². The number of amides is 6. The molecule has 0 aliphatic carbocycles. The molecule has 0 saturated heterocycles. The van der Waals surface area contributed by atoms with E-state index in [0.717, 1.165) is 0 Å². The zero-order valence-electron chi connectivity index (χ0n) is 32.9. The number of alkyl carbamates (subject to hydrolysis) is 3. The maximum absolute atomic E-state index is 13.0. The van der Waals surface area contributed by atoms with E-state index in [1.165, 1.54) is 36.4 Å². The lowest BCUT2D eigenvalue weighted by atomic mass is 10.1. The number of benzene rings is 2. The molecule has 0 aliphatic heterocycles. The summed E-state index contributed by atoms with van der Waals surface area (Å²) in [7, 11) is 0. The Morgan fingerprint density at radius 2 is 1.29 bits per heavy atom. The van der Waals surface area contributed by atoms with Crippen LogP contribution in [0.4, 0.5) is 25.8 Å². The number of anilines is 1. The van der Waals surface area contributed by atoms with Crippen LogP contribution in [0.3, 0.4) is 0 Å². The molecule has 2 aromatic carbocycles. The molecule has 2 rings (SSSR count). The second-order valence-electron chi connectivity index (χ2n) is 15.0. The van der Waals surface area contributed by atoms with Crippen LogP contribution in [-0.2, 0) is 28.6 Å². The van der Waals surface area contributed by atoms with E-state index in [-0.39, 0.29) is 36.0 Å². The molecule has 0 aromatic heterocycles. The number of carboxylic acids is 1. The number of nitrogens with one attached hydrogen (secondary N) is 6. The zero-order valence-corrected chi connectivity index (χ0v) is 32.9. The lowest BCUT2D eigenvalue weighted by molar-refractivity contribution is -0.139. The number of nitrogens with zero attached hydrogens (tertiary/aromatic N) is 1. The van der Waals surface area contributed by atoms with E-state index < -0.39 is 77.8 Å². The summed E-state index contributed by atoms with van der Waals surface area (Å²) in [5.74, 6) is -3.72. The van der Waals surface area contributed by atoms with Gasteiger partial charge in [0.25, 0.3) is 5.91 Å². The first-order valence-corrected chi connectivity index (χ1v) is 17.4. The van der Waals surface area contributed by atoms with Gasteiger partial charge in [-0.1, -0.05) is 6.07 Å². The third-order valence-corrected chi connectivity index (χ3v) is 6.19. The summed E-state index contributed by atoms with van der Waals surface area (Å²) in [6.45, 7) is 14.8. The Morgan fingerprint density at radius 1 is 0.732 bits per heavy atom. The highest BCUT2D eigenvalue weighted by Gasteiger charge is 2.25. The zero-order chi connectivity index (χ0) is 42.3. The average molecular weight is 786 g/mol. The fourth-order valence-corrected chi connectivity index (χ4v) is 4.13. The monoisotopic (exact) mass is 785 g/mol. The molecule has 56 heavy (non-hydrogen) atoms. The van der Waals surface area contributed by atoms with Crippen molar-refractivity contribution in [3.8, 4) is 5.75 Å². The highest BCUT2D eigenvalue weighted by molar-refractivity contribution is 6.03. The summed E-state index contributed by atoms with van der Waals surface area (Å²) in [6.07, 6.45) is -3.19. The minimum atomic E-state index is -1.50. The van der Waals surface area contributed by atoms with Crippen LogP contribution < -0.4 is 36.6 Å². The number of guanidine groups is 1. The first-order chi connectivity index (χ1) is 25.9. The number of aliphatic imine (C=N–C) groups is 1. The predicted molar refractivity (Wildman–Crippen MR) is 204 cm³/mol. The van der Waals surface area contributed by atoms with Gasteiger partial charge in [-0.25, -0.2) is 19.4 Å². The van der Waals surface area contributed by atoms with Crippen LogP contribution in [0, 0.1) is 0 Å². The van der Waals surface area contributed by atoms with Crippen molar-refractivity contribution in [3.63, 3.8) is 0 Å². The molecule has 2 aromatic rings. The van der Waals surface area contributed by atoms with Crippen molar-refractivity contribution in [2.75, 3.05) is 25.0 Å². The van der Waals surface area contributed by atoms with E-state index in [2.05, 4.69) is 36.9 Å². The maximum Gasteiger partial charge on any atom is 0.414 e. The van der Waals surface area contributed by atoms with Gasteiger partial charge in [0, 0.05) is 11.3 Å². The normalized spacial score (nSPS) is 11.7. The molecule has 0 fully saturated rings. The molecule has 19 nitrogen and oxygen atoms in total. The highest BCUT2D eigenvalue weighted by Crippen LogP contribution is 2.17. The predicted octanol–water partition coefficient (Wildman–Crippen LogP) is 3.96. The van der Waals surface area contributed by atoms with Gasteiger partial charge in [-0.05, 0) is 105 Å². The van der Waals surface area contributed by atoms with E-state index in [4.69, 9.17) is 18.9 Å². The molecular formula is C37H51N7O12. The van der Waals surface area contributed by atoms with Crippen LogP contribution in [0.1, 0.15) is 79.1 Å². The Hall–Kier alpha value is -6.40. The summed E-state index contributed by atoms with van der Waals surface area (Å²) in [6, 6.07) is 10.2. The van der Waals surface area contributed by atoms with Gasteiger partial charge in [0.2, 0.25) is 17.8 Å². The van der Waals surface area contributed by atoms with Gasteiger partial charge in [-0.15, -0.1) is 0 Å². The molecule has 19 heteroatoms. The minimum Gasteiger partial charge on any atom is -0.492 e. The van der Waals surface area contributed by atoms with Crippen LogP contribution in [-0.4, -0.2) is 95.6 Å². The van der Waals surface area contributed by atoms with Crippen LogP contribution in [0.25, 0.3) is 0 Å². The molecule has 0 radical (unpaired) electrons. The fraction of sp³-hybridized carbons (Fsp3) is 0.459. The molecular weight excluding hydrogens is 734 g/mol. The summed E-state index contributed by atoms with van der Waals surface area (Å²) in [5.41, 5.74) is -1.95. The van der Waals surface area contributed by atoms with E-state index in [1.807, 2.05) is 0 Å². The first-order valence-electron chi connectivity index (χ1n) is 17.4. The summed E-state index contributed by atoms with van der Waals surface area (Å²) < 4.78 is 21.2. The Balaban J connectivity index is 2.02. The second kappa shape index (κ2) is 20.3. The van der Waals surface area contributed by atoms with Gasteiger partial charge in [-0.2, -0.15) is 0 Å². The molecule has 1 unspecified atom stereocenters. The van der Waals surface area contributed by atoms with E-state index in [1.54, 1.807) is 74.4 Å². The van der Waals surface area contributed by atoms with Crippen molar-refractivity contribution in [1.29, 1.82) is 0 Å². The lowest BCUT2D eigenvalue weighted by Crippen LogP contribution is -2.48. The number of hydrogen-bond acceptors (Lipinski definition) is 12. The lowest BCUT2D eigenvalue weighted by Gasteiger charge is -2.22. The number of ether oxygens (including phenoxy) is 4. The summed E-state index contributed by atoms with van der Waals surface area (Å²) >= 11 is 0. The molecule has 0 saturated carbocycles. The number of hydrogen-bond donors (Lipinski definition) is 7. The summed E-state index contributed by atoms with van der Waals surface area (Å²) in [5, 5.41) is 23.8. The van der Waals surface area contributed by atoms with Gasteiger partial charge in [0.1, 0.15) is 35.2 Å². The van der Waals surface area contributed by atoms with Crippen molar-refractivity contribution >= 4 is 59.3 Å². The van der Waals surface area contributed by atoms with E-state index in [9.17, 15) is 38.7 Å². The number of carbonyl (C=O) groups excluding carboxylic acids is 6. The number of carbonyl (C=O) groups is 7.